The van der Waals surface area contributed by atoms with Crippen molar-refractivity contribution in [2.24, 2.45) is 0 Å². The molecule has 2 unspecified atom stereocenters. The van der Waals surface area contributed by atoms with Crippen LogP contribution in [0, 0.1) is 0 Å². The van der Waals surface area contributed by atoms with Gasteiger partial charge in [0.1, 0.15) is 19.7 Å². The smallest absolute Gasteiger partial charge is 0.146 e. The van der Waals surface area contributed by atoms with Gasteiger partial charge in [-0.25, -0.2) is 0 Å². The van der Waals surface area contributed by atoms with Crippen LogP contribution in [0.4, 0.5) is 0 Å². The minimum atomic E-state index is 0.195. The van der Waals surface area contributed by atoms with E-state index in [9.17, 15) is 0 Å². The molecule has 2 aromatic carbocycles. The summed E-state index contributed by atoms with van der Waals surface area (Å²) < 4.78 is 11.7. The predicted octanol–water partition coefficient (Wildman–Crippen LogP) is 6.18. The average molecular weight is 536 g/mol. The quantitative estimate of drug-likeness (QED) is 0.297. The summed E-state index contributed by atoms with van der Waals surface area (Å²) in [6, 6.07) is 16.9. The fourth-order valence-electron chi connectivity index (χ4n) is 2.34. The zero-order valence-corrected chi connectivity index (χ0v) is 17.8. The second kappa shape index (κ2) is 9.71. The first kappa shape index (κ1) is 18.8. The normalized spacial score (nSPS) is 13.4. The SMILES string of the molecule is CC(I)Oc1ccc(CCCc2ccc(OC(C)I)cc2)cc1. The molecule has 0 amide bonds. The summed E-state index contributed by atoms with van der Waals surface area (Å²) in [5.41, 5.74) is 2.72. The lowest BCUT2D eigenvalue weighted by molar-refractivity contribution is 0.322. The van der Waals surface area contributed by atoms with Crippen LogP contribution in [0.3, 0.4) is 0 Å². The highest BCUT2D eigenvalue weighted by atomic mass is 127. The second-order valence-corrected chi connectivity index (χ2v) is 8.97. The molecule has 0 spiro atoms. The lowest BCUT2D eigenvalue weighted by atomic mass is 10.0. The van der Waals surface area contributed by atoms with Gasteiger partial charge in [0.2, 0.25) is 0 Å². The molecule has 2 atom stereocenters. The van der Waals surface area contributed by atoms with Gasteiger partial charge >= 0.3 is 0 Å². The summed E-state index contributed by atoms with van der Waals surface area (Å²) in [7, 11) is 0. The summed E-state index contributed by atoms with van der Waals surface area (Å²) in [6.45, 7) is 4.07. The zero-order chi connectivity index (χ0) is 16.7. The van der Waals surface area contributed by atoms with Gasteiger partial charge in [-0.1, -0.05) is 24.3 Å². The molecule has 0 N–H and O–H groups in total. The Morgan fingerprint density at radius 3 is 1.35 bits per heavy atom. The minimum absolute atomic E-state index is 0.195. The van der Waals surface area contributed by atoms with E-state index in [2.05, 4.69) is 93.7 Å². The van der Waals surface area contributed by atoms with E-state index >= 15 is 0 Å². The minimum Gasteiger partial charge on any atom is -0.480 e. The Kier molecular flexibility index (Phi) is 7.95. The molecule has 124 valence electrons. The van der Waals surface area contributed by atoms with Crippen molar-refractivity contribution in [1.29, 1.82) is 0 Å². The highest BCUT2D eigenvalue weighted by molar-refractivity contribution is 14.1. The molecule has 0 bridgehead atoms. The first-order valence-electron chi connectivity index (χ1n) is 7.82. The largest absolute Gasteiger partial charge is 0.480 e. The molecule has 0 heterocycles. The molecule has 0 aliphatic rings. The van der Waals surface area contributed by atoms with E-state index in [1.54, 1.807) is 0 Å². The van der Waals surface area contributed by atoms with Gasteiger partial charge in [0.25, 0.3) is 0 Å². The molecule has 2 aromatic rings. The topological polar surface area (TPSA) is 18.5 Å². The van der Waals surface area contributed by atoms with Crippen molar-refractivity contribution < 1.29 is 9.47 Å². The van der Waals surface area contributed by atoms with Gasteiger partial charge in [-0.3, -0.25) is 0 Å². The summed E-state index contributed by atoms with van der Waals surface area (Å²) in [5, 5.41) is 0. The van der Waals surface area contributed by atoms with Gasteiger partial charge in [0, 0.05) is 0 Å². The fraction of sp³-hybridized carbons (Fsp3) is 0.368. The molecule has 0 fully saturated rings. The highest BCUT2D eigenvalue weighted by Crippen LogP contribution is 2.19. The Morgan fingerprint density at radius 1 is 0.696 bits per heavy atom. The maximum Gasteiger partial charge on any atom is 0.146 e. The monoisotopic (exact) mass is 536 g/mol. The van der Waals surface area contributed by atoms with Gasteiger partial charge < -0.3 is 9.47 Å². The number of ether oxygens (including phenoxy) is 2. The number of hydrogen-bond donors (Lipinski definition) is 0. The standard InChI is InChI=1S/C19H22I2O2/c1-14(20)22-18-10-6-16(7-11-18)4-3-5-17-8-12-19(13-9-17)23-15(2)21/h6-15H,3-5H2,1-2H3. The molecular weight excluding hydrogens is 514 g/mol. The molecule has 2 nitrogen and oxygen atoms in total. The average Bonchev–Trinajstić information content (AvgIpc) is 2.50. The van der Waals surface area contributed by atoms with Crippen molar-refractivity contribution in [2.75, 3.05) is 0 Å². The van der Waals surface area contributed by atoms with Crippen molar-refractivity contribution in [2.45, 2.75) is 41.3 Å². The number of alkyl halides is 2. The molecule has 0 saturated heterocycles. The second-order valence-electron chi connectivity index (χ2n) is 5.46. The summed E-state index contributed by atoms with van der Waals surface area (Å²) in [4.78, 5) is 0. The van der Waals surface area contributed by atoms with Gasteiger partial charge in [-0.2, -0.15) is 0 Å². The van der Waals surface area contributed by atoms with Crippen LogP contribution in [0.5, 0.6) is 11.5 Å². The molecule has 0 radical (unpaired) electrons. The number of benzene rings is 2. The maximum absolute atomic E-state index is 5.66. The van der Waals surface area contributed by atoms with Gasteiger partial charge in [0.15, 0.2) is 0 Å². The van der Waals surface area contributed by atoms with Crippen molar-refractivity contribution in [3.05, 3.63) is 59.7 Å². The van der Waals surface area contributed by atoms with E-state index in [0.29, 0.717) is 0 Å². The van der Waals surface area contributed by atoms with Crippen LogP contribution in [0.2, 0.25) is 0 Å². The number of rotatable bonds is 8. The van der Waals surface area contributed by atoms with Gasteiger partial charge in [0.05, 0.1) is 0 Å². The lowest BCUT2D eigenvalue weighted by Crippen LogP contribution is -2.01. The summed E-state index contributed by atoms with van der Waals surface area (Å²) >= 11 is 4.52. The van der Waals surface area contributed by atoms with Crippen LogP contribution in [-0.4, -0.2) is 8.22 Å². The van der Waals surface area contributed by atoms with Crippen LogP contribution < -0.4 is 9.47 Å². The van der Waals surface area contributed by atoms with E-state index in [0.717, 1.165) is 30.8 Å². The number of aryl methyl sites for hydroxylation is 2. The van der Waals surface area contributed by atoms with Crippen molar-refractivity contribution >= 4 is 45.2 Å². The highest BCUT2D eigenvalue weighted by Gasteiger charge is 2.01. The first-order chi connectivity index (χ1) is 11.0. The Labute approximate surface area is 166 Å². The third-order valence-electron chi connectivity index (χ3n) is 3.37. The summed E-state index contributed by atoms with van der Waals surface area (Å²) in [6.07, 6.45) is 3.32. The summed E-state index contributed by atoms with van der Waals surface area (Å²) in [5.74, 6) is 1.88. The van der Waals surface area contributed by atoms with Gasteiger partial charge in [-0.15, -0.1) is 0 Å². The molecular formula is C19H22I2O2. The first-order valence-corrected chi connectivity index (χ1v) is 10.3. The van der Waals surface area contributed by atoms with E-state index in [-0.39, 0.29) is 8.22 Å². The van der Waals surface area contributed by atoms with Crippen LogP contribution in [0.25, 0.3) is 0 Å². The van der Waals surface area contributed by atoms with E-state index in [1.807, 2.05) is 13.8 Å². The predicted molar refractivity (Wildman–Crippen MR) is 113 cm³/mol. The Morgan fingerprint density at radius 2 is 1.04 bits per heavy atom. The molecule has 23 heavy (non-hydrogen) atoms. The molecule has 0 aliphatic carbocycles. The van der Waals surface area contributed by atoms with Crippen LogP contribution in [0.1, 0.15) is 31.4 Å². The van der Waals surface area contributed by atoms with E-state index in [1.165, 1.54) is 11.1 Å². The van der Waals surface area contributed by atoms with E-state index < -0.39 is 0 Å². The van der Waals surface area contributed by atoms with Gasteiger partial charge in [-0.05, 0) is 114 Å². The van der Waals surface area contributed by atoms with Crippen molar-refractivity contribution in [3.63, 3.8) is 0 Å². The van der Waals surface area contributed by atoms with Crippen LogP contribution in [0.15, 0.2) is 48.5 Å². The zero-order valence-electron chi connectivity index (χ0n) is 13.5. The van der Waals surface area contributed by atoms with Crippen molar-refractivity contribution in [3.8, 4) is 11.5 Å². The molecule has 0 saturated carbocycles. The number of hydrogen-bond acceptors (Lipinski definition) is 2. The Balaban J connectivity index is 1.78. The number of halogens is 2. The third-order valence-corrected chi connectivity index (χ3v) is 3.88. The molecule has 0 aliphatic heterocycles. The fourth-order valence-corrected chi connectivity index (χ4v) is 2.93. The van der Waals surface area contributed by atoms with Crippen molar-refractivity contribution in [1.82, 2.24) is 0 Å². The maximum atomic E-state index is 5.66. The molecule has 2 rings (SSSR count). The van der Waals surface area contributed by atoms with Crippen LogP contribution in [-0.2, 0) is 12.8 Å². The van der Waals surface area contributed by atoms with E-state index in [4.69, 9.17) is 9.47 Å². The Bertz CT molecular complexity index is 524. The molecule has 4 heteroatoms. The lowest BCUT2D eigenvalue weighted by Gasteiger charge is -2.10. The van der Waals surface area contributed by atoms with Crippen LogP contribution >= 0.6 is 45.2 Å². The Hall–Kier alpha value is -0.500. The molecule has 0 aromatic heterocycles. The third kappa shape index (κ3) is 7.28.